The van der Waals surface area contributed by atoms with Crippen LogP contribution in [0, 0.1) is 11.7 Å². The number of halogens is 1. The Bertz CT molecular complexity index is 381. The lowest BCUT2D eigenvalue weighted by Crippen LogP contribution is -2.16. The summed E-state index contributed by atoms with van der Waals surface area (Å²) in [6, 6.07) is 4.69. The number of hydrogen-bond acceptors (Lipinski definition) is 2. The van der Waals surface area contributed by atoms with Crippen molar-refractivity contribution >= 4 is 0 Å². The third-order valence-corrected chi connectivity index (χ3v) is 3.74. The maximum Gasteiger partial charge on any atom is 0.131 e. The van der Waals surface area contributed by atoms with Gasteiger partial charge < -0.3 is 10.5 Å². The molecule has 0 heterocycles. The van der Waals surface area contributed by atoms with Crippen LogP contribution in [0.1, 0.15) is 57.6 Å². The van der Waals surface area contributed by atoms with Crippen LogP contribution < -0.4 is 10.5 Å². The number of rotatable bonds is 8. The van der Waals surface area contributed by atoms with Gasteiger partial charge in [-0.05, 0) is 18.4 Å². The number of ether oxygens (including phenoxy) is 1. The van der Waals surface area contributed by atoms with E-state index in [2.05, 4.69) is 13.8 Å². The molecule has 0 fully saturated rings. The molecule has 3 heteroatoms. The van der Waals surface area contributed by atoms with Gasteiger partial charge >= 0.3 is 0 Å². The molecule has 2 unspecified atom stereocenters. The van der Waals surface area contributed by atoms with Crippen LogP contribution in [0.3, 0.4) is 0 Å². The van der Waals surface area contributed by atoms with Crippen LogP contribution in [0.15, 0.2) is 18.2 Å². The number of hydrogen-bond donors (Lipinski definition) is 1. The van der Waals surface area contributed by atoms with E-state index in [1.807, 2.05) is 0 Å². The smallest absolute Gasteiger partial charge is 0.131 e. The van der Waals surface area contributed by atoms with Crippen molar-refractivity contribution in [1.29, 1.82) is 0 Å². The Balaban J connectivity index is 2.68. The molecule has 0 aliphatic rings. The van der Waals surface area contributed by atoms with Gasteiger partial charge in [0.25, 0.3) is 0 Å². The summed E-state index contributed by atoms with van der Waals surface area (Å²) in [6.07, 6.45) is 5.54. The van der Waals surface area contributed by atoms with E-state index in [0.29, 0.717) is 17.2 Å². The second-order valence-corrected chi connectivity index (χ2v) is 5.15. The van der Waals surface area contributed by atoms with Gasteiger partial charge in [0, 0.05) is 17.7 Å². The quantitative estimate of drug-likeness (QED) is 0.755. The van der Waals surface area contributed by atoms with Gasteiger partial charge in [-0.15, -0.1) is 0 Å². The maximum absolute atomic E-state index is 13.9. The topological polar surface area (TPSA) is 35.2 Å². The minimum atomic E-state index is -0.266. The van der Waals surface area contributed by atoms with Crippen molar-refractivity contribution in [1.82, 2.24) is 0 Å². The average molecular weight is 267 g/mol. The first-order valence-electron chi connectivity index (χ1n) is 7.21. The van der Waals surface area contributed by atoms with Crippen LogP contribution >= 0.6 is 0 Å². The molecule has 1 aromatic carbocycles. The number of methoxy groups -OCH3 is 1. The molecule has 0 aromatic heterocycles. The predicted octanol–water partition coefficient (Wildman–Crippen LogP) is 4.44. The summed E-state index contributed by atoms with van der Waals surface area (Å²) in [5.74, 6) is 0.847. The number of benzene rings is 1. The van der Waals surface area contributed by atoms with Crippen molar-refractivity contribution < 1.29 is 9.13 Å². The van der Waals surface area contributed by atoms with Gasteiger partial charge in [-0.3, -0.25) is 0 Å². The van der Waals surface area contributed by atoms with Crippen molar-refractivity contribution in [2.24, 2.45) is 11.7 Å². The number of unbranched alkanes of at least 4 members (excludes halogenated alkanes) is 1. The van der Waals surface area contributed by atoms with Crippen molar-refractivity contribution in [2.75, 3.05) is 7.11 Å². The van der Waals surface area contributed by atoms with Gasteiger partial charge in [-0.1, -0.05) is 45.6 Å². The van der Waals surface area contributed by atoms with Crippen LogP contribution in [-0.4, -0.2) is 7.11 Å². The predicted molar refractivity (Wildman–Crippen MR) is 77.8 cm³/mol. The Morgan fingerprint density at radius 1 is 1.32 bits per heavy atom. The van der Waals surface area contributed by atoms with Gasteiger partial charge in [0.2, 0.25) is 0 Å². The van der Waals surface area contributed by atoms with E-state index < -0.39 is 0 Å². The Labute approximate surface area is 116 Å². The second kappa shape index (κ2) is 8.16. The SMILES string of the molecule is CCCCC(CC)CC(N)c1ccc(OC)cc1F. The fraction of sp³-hybridized carbons (Fsp3) is 0.625. The summed E-state index contributed by atoms with van der Waals surface area (Å²) in [7, 11) is 1.53. The Morgan fingerprint density at radius 2 is 2.05 bits per heavy atom. The first-order valence-corrected chi connectivity index (χ1v) is 7.21. The van der Waals surface area contributed by atoms with E-state index in [1.165, 1.54) is 32.4 Å². The van der Waals surface area contributed by atoms with Crippen molar-refractivity contribution in [3.8, 4) is 5.75 Å². The van der Waals surface area contributed by atoms with Gasteiger partial charge in [-0.2, -0.15) is 0 Å². The van der Waals surface area contributed by atoms with E-state index in [0.717, 1.165) is 12.8 Å². The largest absolute Gasteiger partial charge is 0.497 e. The monoisotopic (exact) mass is 267 g/mol. The van der Waals surface area contributed by atoms with E-state index in [9.17, 15) is 4.39 Å². The van der Waals surface area contributed by atoms with Gasteiger partial charge in [-0.25, -0.2) is 4.39 Å². The van der Waals surface area contributed by atoms with Crippen LogP contribution in [0.25, 0.3) is 0 Å². The van der Waals surface area contributed by atoms with Crippen molar-refractivity contribution in [3.63, 3.8) is 0 Å². The lowest BCUT2D eigenvalue weighted by Gasteiger charge is -2.20. The normalized spacial score (nSPS) is 14.2. The molecule has 0 aliphatic heterocycles. The molecular weight excluding hydrogens is 241 g/mol. The fourth-order valence-electron chi connectivity index (χ4n) is 2.40. The first kappa shape index (κ1) is 16.0. The zero-order valence-corrected chi connectivity index (χ0v) is 12.3. The molecule has 1 aromatic rings. The Hall–Kier alpha value is -1.09. The molecule has 0 saturated heterocycles. The first-order chi connectivity index (χ1) is 9.12. The minimum Gasteiger partial charge on any atom is -0.497 e. The van der Waals surface area contributed by atoms with E-state index in [-0.39, 0.29) is 11.9 Å². The molecule has 2 atom stereocenters. The molecule has 0 amide bonds. The number of nitrogens with two attached hydrogens (primary N) is 1. The molecule has 0 bridgehead atoms. The van der Waals surface area contributed by atoms with Gasteiger partial charge in [0.05, 0.1) is 7.11 Å². The molecular formula is C16H26FNO. The third-order valence-electron chi connectivity index (χ3n) is 3.74. The molecule has 19 heavy (non-hydrogen) atoms. The molecule has 0 radical (unpaired) electrons. The highest BCUT2D eigenvalue weighted by atomic mass is 19.1. The van der Waals surface area contributed by atoms with Crippen LogP contribution in [0.5, 0.6) is 5.75 Å². The Morgan fingerprint density at radius 3 is 2.58 bits per heavy atom. The summed E-state index contributed by atoms with van der Waals surface area (Å²) in [5.41, 5.74) is 6.75. The summed E-state index contributed by atoms with van der Waals surface area (Å²) in [5, 5.41) is 0. The maximum atomic E-state index is 13.9. The molecule has 2 N–H and O–H groups in total. The second-order valence-electron chi connectivity index (χ2n) is 5.15. The highest BCUT2D eigenvalue weighted by molar-refractivity contribution is 5.30. The molecule has 2 nitrogen and oxygen atoms in total. The highest BCUT2D eigenvalue weighted by Crippen LogP contribution is 2.28. The van der Waals surface area contributed by atoms with Crippen LogP contribution in [0.4, 0.5) is 4.39 Å². The van der Waals surface area contributed by atoms with E-state index in [4.69, 9.17) is 10.5 Å². The average Bonchev–Trinajstić information content (AvgIpc) is 2.42. The van der Waals surface area contributed by atoms with Crippen LogP contribution in [0.2, 0.25) is 0 Å². The summed E-state index contributed by atoms with van der Waals surface area (Å²) in [4.78, 5) is 0. The standard InChI is InChI=1S/C16H26FNO/c1-4-6-7-12(5-2)10-16(18)14-9-8-13(19-3)11-15(14)17/h8-9,11-12,16H,4-7,10,18H2,1-3H3. The lowest BCUT2D eigenvalue weighted by atomic mass is 9.89. The van der Waals surface area contributed by atoms with Gasteiger partial charge in [0.1, 0.15) is 11.6 Å². The fourth-order valence-corrected chi connectivity index (χ4v) is 2.40. The molecule has 108 valence electrons. The lowest BCUT2D eigenvalue weighted by molar-refractivity contribution is 0.381. The molecule has 1 rings (SSSR count). The summed E-state index contributed by atoms with van der Waals surface area (Å²) in [6.45, 7) is 4.37. The third kappa shape index (κ3) is 4.83. The summed E-state index contributed by atoms with van der Waals surface area (Å²) < 4.78 is 18.9. The molecule has 0 spiro atoms. The molecule has 0 aliphatic carbocycles. The van der Waals surface area contributed by atoms with Gasteiger partial charge in [0.15, 0.2) is 0 Å². The summed E-state index contributed by atoms with van der Waals surface area (Å²) >= 11 is 0. The zero-order valence-electron chi connectivity index (χ0n) is 12.3. The van der Waals surface area contributed by atoms with Crippen molar-refractivity contribution in [3.05, 3.63) is 29.6 Å². The van der Waals surface area contributed by atoms with Crippen molar-refractivity contribution in [2.45, 2.75) is 52.0 Å². The highest BCUT2D eigenvalue weighted by Gasteiger charge is 2.16. The zero-order chi connectivity index (χ0) is 14.3. The van der Waals surface area contributed by atoms with E-state index >= 15 is 0 Å². The Kier molecular flexibility index (Phi) is 6.85. The minimum absolute atomic E-state index is 0.229. The molecule has 0 saturated carbocycles. The van der Waals surface area contributed by atoms with Crippen LogP contribution in [-0.2, 0) is 0 Å². The van der Waals surface area contributed by atoms with E-state index in [1.54, 1.807) is 12.1 Å².